The van der Waals surface area contributed by atoms with Gasteiger partial charge in [0.1, 0.15) is 10.6 Å². The predicted molar refractivity (Wildman–Crippen MR) is 76.6 cm³/mol. The number of hydrogen-bond donors (Lipinski definition) is 2. The SMILES string of the molecule is COc1cc(N)ccc1S(=O)(=O)NC(C)CC(C)C. The lowest BCUT2D eigenvalue weighted by Gasteiger charge is -2.17. The van der Waals surface area contributed by atoms with Crippen molar-refractivity contribution in [2.75, 3.05) is 12.8 Å². The number of methoxy groups -OCH3 is 1. The fraction of sp³-hybridized carbons (Fsp3) is 0.538. The van der Waals surface area contributed by atoms with Crippen LogP contribution in [0.5, 0.6) is 5.75 Å². The fourth-order valence-electron chi connectivity index (χ4n) is 1.99. The lowest BCUT2D eigenvalue weighted by molar-refractivity contribution is 0.402. The van der Waals surface area contributed by atoms with Gasteiger partial charge in [-0.15, -0.1) is 0 Å². The Morgan fingerprint density at radius 2 is 1.95 bits per heavy atom. The molecule has 6 heteroatoms. The van der Waals surface area contributed by atoms with Gasteiger partial charge in [0, 0.05) is 17.8 Å². The topological polar surface area (TPSA) is 81.4 Å². The molecule has 0 bridgehead atoms. The second-order valence-corrected chi connectivity index (χ2v) is 6.74. The molecule has 1 atom stereocenters. The number of sulfonamides is 1. The van der Waals surface area contributed by atoms with E-state index in [2.05, 4.69) is 18.6 Å². The minimum atomic E-state index is -3.60. The van der Waals surface area contributed by atoms with E-state index in [1.165, 1.54) is 19.2 Å². The average Bonchev–Trinajstić information content (AvgIpc) is 2.26. The van der Waals surface area contributed by atoms with Crippen molar-refractivity contribution < 1.29 is 13.2 Å². The molecule has 0 aliphatic rings. The van der Waals surface area contributed by atoms with Crippen molar-refractivity contribution in [2.24, 2.45) is 5.92 Å². The number of rotatable bonds is 6. The van der Waals surface area contributed by atoms with Crippen LogP contribution in [0.3, 0.4) is 0 Å². The number of hydrogen-bond acceptors (Lipinski definition) is 4. The van der Waals surface area contributed by atoms with Crippen molar-refractivity contribution in [1.82, 2.24) is 4.72 Å². The van der Waals surface area contributed by atoms with Crippen molar-refractivity contribution in [3.63, 3.8) is 0 Å². The summed E-state index contributed by atoms with van der Waals surface area (Å²) in [6.45, 7) is 5.95. The lowest BCUT2D eigenvalue weighted by atomic mass is 10.1. The van der Waals surface area contributed by atoms with Gasteiger partial charge in [-0.25, -0.2) is 13.1 Å². The van der Waals surface area contributed by atoms with Crippen LogP contribution in [-0.2, 0) is 10.0 Å². The first kappa shape index (κ1) is 15.8. The maximum absolute atomic E-state index is 12.3. The van der Waals surface area contributed by atoms with Crippen LogP contribution in [0.15, 0.2) is 23.1 Å². The zero-order chi connectivity index (χ0) is 14.6. The molecule has 1 rings (SSSR count). The van der Waals surface area contributed by atoms with Gasteiger partial charge < -0.3 is 10.5 Å². The molecular formula is C13H22N2O3S. The highest BCUT2D eigenvalue weighted by atomic mass is 32.2. The molecule has 1 unspecified atom stereocenters. The first-order valence-corrected chi connectivity index (χ1v) is 7.70. The average molecular weight is 286 g/mol. The van der Waals surface area contributed by atoms with Crippen molar-refractivity contribution >= 4 is 15.7 Å². The van der Waals surface area contributed by atoms with E-state index in [1.807, 2.05) is 6.92 Å². The summed E-state index contributed by atoms with van der Waals surface area (Å²) in [5, 5.41) is 0. The number of nitrogens with two attached hydrogens (primary N) is 1. The molecule has 0 fully saturated rings. The Morgan fingerprint density at radius 3 is 2.47 bits per heavy atom. The molecule has 0 saturated heterocycles. The molecule has 0 saturated carbocycles. The second-order valence-electron chi connectivity index (χ2n) is 5.06. The summed E-state index contributed by atoms with van der Waals surface area (Å²) in [6.07, 6.45) is 0.774. The van der Waals surface area contributed by atoms with E-state index in [0.29, 0.717) is 11.6 Å². The first-order valence-electron chi connectivity index (χ1n) is 6.22. The number of ether oxygens (including phenoxy) is 1. The number of nitrogen functional groups attached to an aromatic ring is 1. The summed E-state index contributed by atoms with van der Waals surface area (Å²) in [7, 11) is -2.17. The molecule has 108 valence electrons. The highest BCUT2D eigenvalue weighted by molar-refractivity contribution is 7.89. The van der Waals surface area contributed by atoms with Crippen molar-refractivity contribution in [2.45, 2.75) is 38.1 Å². The summed E-state index contributed by atoms with van der Waals surface area (Å²) in [4.78, 5) is 0.111. The maximum atomic E-state index is 12.3. The Hall–Kier alpha value is -1.27. The zero-order valence-corrected chi connectivity index (χ0v) is 12.6. The minimum absolute atomic E-state index is 0.111. The number of benzene rings is 1. The molecule has 0 amide bonds. The molecule has 0 heterocycles. The van der Waals surface area contributed by atoms with Gasteiger partial charge in [-0.1, -0.05) is 13.8 Å². The summed E-state index contributed by atoms with van der Waals surface area (Å²) in [6, 6.07) is 4.37. The van der Waals surface area contributed by atoms with Crippen LogP contribution in [-0.4, -0.2) is 21.6 Å². The van der Waals surface area contributed by atoms with Gasteiger partial charge in [-0.2, -0.15) is 0 Å². The van der Waals surface area contributed by atoms with Gasteiger partial charge in [0.15, 0.2) is 0 Å². The van der Waals surface area contributed by atoms with Gasteiger partial charge in [-0.05, 0) is 31.4 Å². The Morgan fingerprint density at radius 1 is 1.32 bits per heavy atom. The molecule has 1 aromatic carbocycles. The van der Waals surface area contributed by atoms with Gasteiger partial charge in [-0.3, -0.25) is 0 Å². The molecular weight excluding hydrogens is 264 g/mol. The van der Waals surface area contributed by atoms with E-state index < -0.39 is 10.0 Å². The van der Waals surface area contributed by atoms with E-state index in [9.17, 15) is 8.42 Å². The molecule has 0 spiro atoms. The smallest absolute Gasteiger partial charge is 0.244 e. The van der Waals surface area contributed by atoms with Crippen LogP contribution < -0.4 is 15.2 Å². The summed E-state index contributed by atoms with van der Waals surface area (Å²) < 4.78 is 32.3. The van der Waals surface area contributed by atoms with E-state index in [-0.39, 0.29) is 16.7 Å². The third kappa shape index (κ3) is 4.40. The Labute approximate surface area is 115 Å². The van der Waals surface area contributed by atoms with Crippen LogP contribution in [0.1, 0.15) is 27.2 Å². The minimum Gasteiger partial charge on any atom is -0.495 e. The van der Waals surface area contributed by atoms with E-state index >= 15 is 0 Å². The maximum Gasteiger partial charge on any atom is 0.244 e. The fourth-order valence-corrected chi connectivity index (χ4v) is 3.40. The first-order chi connectivity index (χ1) is 8.76. The highest BCUT2D eigenvalue weighted by Gasteiger charge is 2.22. The summed E-state index contributed by atoms with van der Waals surface area (Å²) in [5.74, 6) is 0.676. The molecule has 3 N–H and O–H groups in total. The zero-order valence-electron chi connectivity index (χ0n) is 11.8. The van der Waals surface area contributed by atoms with Crippen LogP contribution >= 0.6 is 0 Å². The summed E-state index contributed by atoms with van der Waals surface area (Å²) in [5.41, 5.74) is 6.08. The van der Waals surface area contributed by atoms with Gasteiger partial charge >= 0.3 is 0 Å². The second kappa shape index (κ2) is 6.25. The molecule has 0 radical (unpaired) electrons. The quantitative estimate of drug-likeness (QED) is 0.784. The standard InChI is InChI=1S/C13H22N2O3S/c1-9(2)7-10(3)15-19(16,17)13-6-5-11(14)8-12(13)18-4/h5-6,8-10,15H,7,14H2,1-4H3. The van der Waals surface area contributed by atoms with E-state index in [1.54, 1.807) is 6.07 Å². The molecule has 5 nitrogen and oxygen atoms in total. The van der Waals surface area contributed by atoms with Gasteiger partial charge in [0.25, 0.3) is 0 Å². The Bertz CT molecular complexity index is 527. The summed E-state index contributed by atoms with van der Waals surface area (Å²) >= 11 is 0. The van der Waals surface area contributed by atoms with Crippen molar-refractivity contribution in [3.05, 3.63) is 18.2 Å². The van der Waals surface area contributed by atoms with Gasteiger partial charge in [0.05, 0.1) is 7.11 Å². The monoisotopic (exact) mass is 286 g/mol. The van der Waals surface area contributed by atoms with E-state index in [4.69, 9.17) is 10.5 Å². The van der Waals surface area contributed by atoms with E-state index in [0.717, 1.165) is 6.42 Å². The molecule has 19 heavy (non-hydrogen) atoms. The molecule has 0 aliphatic heterocycles. The third-order valence-corrected chi connectivity index (χ3v) is 4.29. The predicted octanol–water partition coefficient (Wildman–Crippen LogP) is 1.99. The highest BCUT2D eigenvalue weighted by Crippen LogP contribution is 2.26. The van der Waals surface area contributed by atoms with Crippen LogP contribution in [0, 0.1) is 5.92 Å². The number of anilines is 1. The lowest BCUT2D eigenvalue weighted by Crippen LogP contribution is -2.33. The molecule has 0 aromatic heterocycles. The normalized spacial score (nSPS) is 13.5. The van der Waals surface area contributed by atoms with Crippen molar-refractivity contribution in [1.29, 1.82) is 0 Å². The Kier molecular flexibility index (Phi) is 5.20. The number of nitrogens with one attached hydrogen (secondary N) is 1. The van der Waals surface area contributed by atoms with Crippen LogP contribution in [0.4, 0.5) is 5.69 Å². The van der Waals surface area contributed by atoms with Crippen molar-refractivity contribution in [3.8, 4) is 5.75 Å². The molecule has 1 aromatic rings. The molecule has 0 aliphatic carbocycles. The van der Waals surface area contributed by atoms with Crippen LogP contribution in [0.2, 0.25) is 0 Å². The third-order valence-electron chi connectivity index (χ3n) is 2.66. The largest absolute Gasteiger partial charge is 0.495 e. The Balaban J connectivity index is 3.00. The van der Waals surface area contributed by atoms with Crippen LogP contribution in [0.25, 0.3) is 0 Å². The van der Waals surface area contributed by atoms with Gasteiger partial charge in [0.2, 0.25) is 10.0 Å².